The summed E-state index contributed by atoms with van der Waals surface area (Å²) in [6, 6.07) is 9.69. The minimum Gasteiger partial charge on any atom is -0.340 e. The zero-order chi connectivity index (χ0) is 12.3. The number of amides is 1. The van der Waals surface area contributed by atoms with E-state index in [9.17, 15) is 4.79 Å². The number of rotatable bonds is 4. The van der Waals surface area contributed by atoms with Gasteiger partial charge in [-0.1, -0.05) is 36.8 Å². The molecule has 0 saturated heterocycles. The van der Waals surface area contributed by atoms with Crippen molar-refractivity contribution in [1.82, 2.24) is 4.90 Å². The highest BCUT2D eigenvalue weighted by atomic mass is 16.2. The quantitative estimate of drug-likeness (QED) is 0.860. The topological polar surface area (TPSA) is 46.3 Å². The van der Waals surface area contributed by atoms with Crippen LogP contribution in [-0.4, -0.2) is 23.9 Å². The molecule has 0 aliphatic heterocycles. The first kappa shape index (κ1) is 12.1. The van der Waals surface area contributed by atoms with Gasteiger partial charge in [-0.3, -0.25) is 4.79 Å². The van der Waals surface area contributed by atoms with E-state index in [1.807, 2.05) is 37.4 Å². The molecule has 1 aromatic rings. The number of carbonyl (C=O) groups excluding carboxylic acids is 1. The molecular formula is C14H20N2O. The summed E-state index contributed by atoms with van der Waals surface area (Å²) in [7, 11) is 1.83. The maximum Gasteiger partial charge on any atom is 0.239 e. The second kappa shape index (κ2) is 5.32. The van der Waals surface area contributed by atoms with Crippen molar-refractivity contribution in [2.45, 2.75) is 31.8 Å². The van der Waals surface area contributed by atoms with Crippen molar-refractivity contribution in [1.29, 1.82) is 0 Å². The summed E-state index contributed by atoms with van der Waals surface area (Å²) in [5.41, 5.74) is 7.13. The van der Waals surface area contributed by atoms with Crippen LogP contribution >= 0.6 is 0 Å². The van der Waals surface area contributed by atoms with Gasteiger partial charge in [0.2, 0.25) is 5.91 Å². The Morgan fingerprint density at radius 1 is 1.41 bits per heavy atom. The number of hydrogen-bond acceptors (Lipinski definition) is 2. The highest BCUT2D eigenvalue weighted by molar-refractivity contribution is 5.81. The molecule has 3 nitrogen and oxygen atoms in total. The second-order valence-electron chi connectivity index (χ2n) is 4.90. The Bertz CT molecular complexity index is 373. The van der Waals surface area contributed by atoms with Gasteiger partial charge in [0, 0.05) is 13.6 Å². The highest BCUT2D eigenvalue weighted by Gasteiger charge is 2.31. The van der Waals surface area contributed by atoms with Gasteiger partial charge >= 0.3 is 0 Å². The van der Waals surface area contributed by atoms with Gasteiger partial charge in [-0.15, -0.1) is 0 Å². The summed E-state index contributed by atoms with van der Waals surface area (Å²) in [5.74, 6) is 0.472. The summed E-state index contributed by atoms with van der Waals surface area (Å²) < 4.78 is 0. The second-order valence-corrected chi connectivity index (χ2v) is 4.90. The molecule has 0 bridgehead atoms. The maximum absolute atomic E-state index is 12.1. The van der Waals surface area contributed by atoms with Crippen LogP contribution in [0.4, 0.5) is 0 Å². The summed E-state index contributed by atoms with van der Waals surface area (Å²) >= 11 is 0. The third kappa shape index (κ3) is 2.86. The molecule has 1 unspecified atom stereocenters. The first-order valence-corrected chi connectivity index (χ1v) is 6.23. The van der Waals surface area contributed by atoms with Gasteiger partial charge in [-0.2, -0.15) is 0 Å². The Morgan fingerprint density at radius 3 is 2.59 bits per heavy atom. The van der Waals surface area contributed by atoms with E-state index in [2.05, 4.69) is 0 Å². The fourth-order valence-corrected chi connectivity index (χ4v) is 2.19. The summed E-state index contributed by atoms with van der Waals surface area (Å²) in [6.45, 7) is 0.639. The molecule has 0 heterocycles. The first-order valence-electron chi connectivity index (χ1n) is 6.23. The van der Waals surface area contributed by atoms with Gasteiger partial charge in [-0.05, 0) is 24.3 Å². The number of likely N-dealkylation sites (N-methyl/N-ethyl adjacent to an activating group) is 1. The molecule has 0 radical (unpaired) electrons. The molecule has 1 amide bonds. The van der Waals surface area contributed by atoms with Crippen molar-refractivity contribution in [3.05, 3.63) is 35.9 Å². The predicted molar refractivity (Wildman–Crippen MR) is 68.2 cm³/mol. The summed E-state index contributed by atoms with van der Waals surface area (Å²) in [6.07, 6.45) is 3.42. The van der Waals surface area contributed by atoms with Crippen LogP contribution in [-0.2, 0) is 11.3 Å². The average molecular weight is 232 g/mol. The van der Waals surface area contributed by atoms with Crippen LogP contribution in [0.1, 0.15) is 24.8 Å². The maximum atomic E-state index is 12.1. The zero-order valence-corrected chi connectivity index (χ0v) is 10.3. The number of nitrogens with two attached hydrogens (primary N) is 1. The van der Waals surface area contributed by atoms with Crippen LogP contribution in [0.25, 0.3) is 0 Å². The highest BCUT2D eigenvalue weighted by Crippen LogP contribution is 2.29. The molecule has 1 saturated carbocycles. The monoisotopic (exact) mass is 232 g/mol. The van der Waals surface area contributed by atoms with E-state index in [1.54, 1.807) is 4.90 Å². The van der Waals surface area contributed by atoms with Crippen molar-refractivity contribution in [2.75, 3.05) is 7.05 Å². The van der Waals surface area contributed by atoms with E-state index in [-0.39, 0.29) is 11.9 Å². The lowest BCUT2D eigenvalue weighted by atomic mass is 9.79. The molecular weight excluding hydrogens is 212 g/mol. The summed E-state index contributed by atoms with van der Waals surface area (Å²) in [5, 5.41) is 0. The van der Waals surface area contributed by atoms with Crippen LogP contribution in [0.5, 0.6) is 0 Å². The molecule has 1 aliphatic rings. The van der Waals surface area contributed by atoms with Crippen LogP contribution in [0.3, 0.4) is 0 Å². The lowest BCUT2D eigenvalue weighted by molar-refractivity contribution is -0.133. The molecule has 0 aromatic heterocycles. The Balaban J connectivity index is 1.90. The van der Waals surface area contributed by atoms with Crippen LogP contribution in [0.2, 0.25) is 0 Å². The van der Waals surface area contributed by atoms with Gasteiger partial charge in [-0.25, -0.2) is 0 Å². The summed E-state index contributed by atoms with van der Waals surface area (Å²) in [4.78, 5) is 13.8. The van der Waals surface area contributed by atoms with Crippen molar-refractivity contribution >= 4 is 5.91 Å². The standard InChI is InChI=1S/C14H20N2O/c1-16(10-11-6-3-2-4-7-11)14(17)13(15)12-8-5-9-12/h2-4,6-7,12-13H,5,8-10,15H2,1H3. The average Bonchev–Trinajstić information content (AvgIpc) is 2.27. The molecule has 1 aromatic carbocycles. The molecule has 92 valence electrons. The molecule has 1 fully saturated rings. The molecule has 1 aliphatic carbocycles. The normalized spacial score (nSPS) is 17.3. The lowest BCUT2D eigenvalue weighted by Gasteiger charge is -2.32. The molecule has 2 N–H and O–H groups in total. The number of carbonyl (C=O) groups is 1. The van der Waals surface area contributed by atoms with E-state index in [4.69, 9.17) is 5.73 Å². The molecule has 0 spiro atoms. The number of hydrogen-bond donors (Lipinski definition) is 1. The van der Waals surface area contributed by atoms with Gasteiger partial charge in [0.05, 0.1) is 6.04 Å². The fraction of sp³-hybridized carbons (Fsp3) is 0.500. The number of benzene rings is 1. The molecule has 2 rings (SSSR count). The van der Waals surface area contributed by atoms with E-state index < -0.39 is 0 Å². The Kier molecular flexibility index (Phi) is 3.79. The van der Waals surface area contributed by atoms with Crippen LogP contribution in [0.15, 0.2) is 30.3 Å². The van der Waals surface area contributed by atoms with E-state index in [1.165, 1.54) is 6.42 Å². The third-order valence-electron chi connectivity index (χ3n) is 3.58. The minimum atomic E-state index is -0.308. The smallest absolute Gasteiger partial charge is 0.239 e. The Hall–Kier alpha value is -1.35. The largest absolute Gasteiger partial charge is 0.340 e. The van der Waals surface area contributed by atoms with E-state index >= 15 is 0 Å². The van der Waals surface area contributed by atoms with Gasteiger partial charge in [0.1, 0.15) is 0 Å². The lowest BCUT2D eigenvalue weighted by Crippen LogP contribution is -2.47. The SMILES string of the molecule is CN(Cc1ccccc1)C(=O)C(N)C1CCC1. The predicted octanol–water partition coefficient (Wildman–Crippen LogP) is 1.77. The van der Waals surface area contributed by atoms with Gasteiger partial charge in [0.15, 0.2) is 0 Å². The zero-order valence-electron chi connectivity index (χ0n) is 10.3. The molecule has 1 atom stereocenters. The molecule has 17 heavy (non-hydrogen) atoms. The number of nitrogens with zero attached hydrogens (tertiary/aromatic N) is 1. The van der Waals surface area contributed by atoms with Crippen LogP contribution < -0.4 is 5.73 Å². The van der Waals surface area contributed by atoms with Crippen molar-refractivity contribution in [3.63, 3.8) is 0 Å². The van der Waals surface area contributed by atoms with Crippen LogP contribution in [0, 0.1) is 5.92 Å². The molecule has 3 heteroatoms. The van der Waals surface area contributed by atoms with Crippen molar-refractivity contribution < 1.29 is 4.79 Å². The van der Waals surface area contributed by atoms with Crippen molar-refractivity contribution in [3.8, 4) is 0 Å². The first-order chi connectivity index (χ1) is 8.18. The van der Waals surface area contributed by atoms with E-state index in [0.717, 1.165) is 18.4 Å². The van der Waals surface area contributed by atoms with Gasteiger partial charge in [0.25, 0.3) is 0 Å². The van der Waals surface area contributed by atoms with E-state index in [0.29, 0.717) is 12.5 Å². The van der Waals surface area contributed by atoms with Gasteiger partial charge < -0.3 is 10.6 Å². The fourth-order valence-electron chi connectivity index (χ4n) is 2.19. The minimum absolute atomic E-state index is 0.0681. The van der Waals surface area contributed by atoms with Crippen molar-refractivity contribution in [2.24, 2.45) is 11.7 Å². The Labute approximate surface area is 103 Å². The third-order valence-corrected chi connectivity index (χ3v) is 3.58. The Morgan fingerprint density at radius 2 is 2.06 bits per heavy atom.